The highest BCUT2D eigenvalue weighted by atomic mass is 32.2. The summed E-state index contributed by atoms with van der Waals surface area (Å²) in [5, 5.41) is 0.525. The summed E-state index contributed by atoms with van der Waals surface area (Å²) in [6.07, 6.45) is 13.1. The standard InChI is InChI=1S/C29H37NO2S/c31-29(21-32-26-16-15-22-11-8-12-24(22)19-26)30(25-13-6-3-7-14-25)20-28-27(17-18-33-28)23-9-4-1-2-5-10-23/h3,6-7,13-16,19,23,27-28H,1-2,4-5,8-12,17-18,20-21H2. The second-order valence-electron chi connectivity index (χ2n) is 10.0. The van der Waals surface area contributed by atoms with E-state index in [1.165, 1.54) is 68.2 Å². The monoisotopic (exact) mass is 463 g/mol. The van der Waals surface area contributed by atoms with Crippen molar-refractivity contribution in [3.8, 4) is 5.75 Å². The van der Waals surface area contributed by atoms with E-state index in [1.807, 2.05) is 29.2 Å². The quantitative estimate of drug-likeness (QED) is 0.429. The summed E-state index contributed by atoms with van der Waals surface area (Å²) in [7, 11) is 0. The Bertz CT molecular complexity index is 922. The Morgan fingerprint density at radius 3 is 2.52 bits per heavy atom. The van der Waals surface area contributed by atoms with Crippen LogP contribution >= 0.6 is 11.8 Å². The first-order valence-electron chi connectivity index (χ1n) is 13.0. The minimum atomic E-state index is 0.0637. The fourth-order valence-electron chi connectivity index (χ4n) is 6.13. The maximum absolute atomic E-state index is 13.5. The summed E-state index contributed by atoms with van der Waals surface area (Å²) in [5.74, 6) is 3.69. The predicted molar refractivity (Wildman–Crippen MR) is 138 cm³/mol. The number of carbonyl (C=O) groups is 1. The number of fused-ring (bicyclic) bond motifs is 1. The number of ether oxygens (including phenoxy) is 1. The molecule has 0 bridgehead atoms. The first kappa shape index (κ1) is 22.8. The molecule has 2 aliphatic carbocycles. The Hall–Kier alpha value is -1.94. The van der Waals surface area contributed by atoms with E-state index in [9.17, 15) is 4.79 Å². The Morgan fingerprint density at radius 1 is 0.909 bits per heavy atom. The van der Waals surface area contributed by atoms with Gasteiger partial charge in [0.05, 0.1) is 0 Å². The third kappa shape index (κ3) is 5.59. The second-order valence-corrected chi connectivity index (χ2v) is 11.4. The van der Waals surface area contributed by atoms with Crippen molar-refractivity contribution in [2.24, 2.45) is 11.8 Å². The molecule has 0 spiro atoms. The van der Waals surface area contributed by atoms with Crippen molar-refractivity contribution in [2.45, 2.75) is 69.5 Å². The van der Waals surface area contributed by atoms with E-state index < -0.39 is 0 Å². The van der Waals surface area contributed by atoms with Crippen LogP contribution in [0.1, 0.15) is 62.5 Å². The molecule has 2 aromatic rings. The molecule has 2 fully saturated rings. The molecule has 0 radical (unpaired) electrons. The Kier molecular flexibility index (Phi) is 7.60. The van der Waals surface area contributed by atoms with Crippen molar-refractivity contribution in [1.29, 1.82) is 0 Å². The van der Waals surface area contributed by atoms with Gasteiger partial charge in [-0.25, -0.2) is 0 Å². The molecule has 1 saturated carbocycles. The molecule has 1 amide bonds. The summed E-state index contributed by atoms with van der Waals surface area (Å²) >= 11 is 2.08. The minimum Gasteiger partial charge on any atom is -0.484 e. The molecule has 1 heterocycles. The van der Waals surface area contributed by atoms with Crippen LogP contribution in [-0.2, 0) is 17.6 Å². The molecule has 2 unspecified atom stereocenters. The van der Waals surface area contributed by atoms with Crippen LogP contribution in [-0.4, -0.2) is 30.1 Å². The number of benzene rings is 2. The number of carbonyl (C=O) groups excluding carboxylic acids is 1. The summed E-state index contributed by atoms with van der Waals surface area (Å²) < 4.78 is 6.02. The fourth-order valence-corrected chi connectivity index (χ4v) is 7.70. The minimum absolute atomic E-state index is 0.0637. The summed E-state index contributed by atoms with van der Waals surface area (Å²) in [5.41, 5.74) is 3.81. The summed E-state index contributed by atoms with van der Waals surface area (Å²) in [6.45, 7) is 0.890. The molecule has 3 aliphatic rings. The predicted octanol–water partition coefficient (Wildman–Crippen LogP) is 6.68. The fraction of sp³-hybridized carbons (Fsp3) is 0.552. The molecule has 0 aromatic heterocycles. The third-order valence-electron chi connectivity index (χ3n) is 7.93. The molecule has 2 atom stereocenters. The Morgan fingerprint density at radius 2 is 1.70 bits per heavy atom. The van der Waals surface area contributed by atoms with Crippen LogP contribution in [0.15, 0.2) is 48.5 Å². The molecule has 1 saturated heterocycles. The molecule has 1 aliphatic heterocycles. The van der Waals surface area contributed by atoms with Crippen molar-refractivity contribution in [1.82, 2.24) is 0 Å². The van der Waals surface area contributed by atoms with Crippen LogP contribution in [0.3, 0.4) is 0 Å². The van der Waals surface area contributed by atoms with E-state index in [4.69, 9.17) is 4.74 Å². The molecule has 176 valence electrons. The van der Waals surface area contributed by atoms with Crippen LogP contribution in [0.4, 0.5) is 5.69 Å². The van der Waals surface area contributed by atoms with Gasteiger partial charge in [-0.05, 0) is 78.7 Å². The first-order valence-corrected chi connectivity index (χ1v) is 14.0. The number of thioether (sulfide) groups is 1. The van der Waals surface area contributed by atoms with Gasteiger partial charge in [0.25, 0.3) is 5.91 Å². The van der Waals surface area contributed by atoms with Crippen LogP contribution in [0.25, 0.3) is 0 Å². The number of rotatable bonds is 7. The van der Waals surface area contributed by atoms with Crippen LogP contribution < -0.4 is 9.64 Å². The lowest BCUT2D eigenvalue weighted by atomic mass is 9.82. The number of hydrogen-bond donors (Lipinski definition) is 0. The van der Waals surface area contributed by atoms with E-state index in [0.29, 0.717) is 5.25 Å². The Balaban J connectivity index is 1.28. The lowest BCUT2D eigenvalue weighted by Gasteiger charge is -2.32. The van der Waals surface area contributed by atoms with Crippen molar-refractivity contribution >= 4 is 23.4 Å². The van der Waals surface area contributed by atoms with Crippen molar-refractivity contribution in [3.63, 3.8) is 0 Å². The highest BCUT2D eigenvalue weighted by Crippen LogP contribution is 2.43. The number of hydrogen-bond acceptors (Lipinski definition) is 3. The number of anilines is 1. The molecule has 2 aromatic carbocycles. The largest absolute Gasteiger partial charge is 0.484 e. The topological polar surface area (TPSA) is 29.5 Å². The van der Waals surface area contributed by atoms with Gasteiger partial charge in [0.2, 0.25) is 0 Å². The maximum Gasteiger partial charge on any atom is 0.264 e. The smallest absolute Gasteiger partial charge is 0.264 e. The van der Waals surface area contributed by atoms with Crippen LogP contribution in [0.2, 0.25) is 0 Å². The number of aryl methyl sites for hydroxylation is 2. The second kappa shape index (κ2) is 11.0. The lowest BCUT2D eigenvalue weighted by Crippen LogP contribution is -2.41. The average molecular weight is 464 g/mol. The van der Waals surface area contributed by atoms with Gasteiger partial charge >= 0.3 is 0 Å². The molecular formula is C29H37NO2S. The molecule has 5 rings (SSSR count). The zero-order valence-corrected chi connectivity index (χ0v) is 20.5. The SMILES string of the molecule is O=C(COc1ccc2c(c1)CCC2)N(CC1SCCC1C1CCCCCC1)c1ccccc1. The zero-order chi connectivity index (χ0) is 22.5. The maximum atomic E-state index is 13.5. The zero-order valence-electron chi connectivity index (χ0n) is 19.7. The number of nitrogens with zero attached hydrogens (tertiary/aromatic N) is 1. The van der Waals surface area contributed by atoms with Gasteiger partial charge in [-0.15, -0.1) is 0 Å². The van der Waals surface area contributed by atoms with Gasteiger partial charge in [0.15, 0.2) is 6.61 Å². The normalized spacial score (nSPS) is 23.2. The van der Waals surface area contributed by atoms with E-state index in [0.717, 1.165) is 42.7 Å². The van der Waals surface area contributed by atoms with Crippen molar-refractivity contribution in [3.05, 3.63) is 59.7 Å². The summed E-state index contributed by atoms with van der Waals surface area (Å²) in [6, 6.07) is 16.5. The molecular weight excluding hydrogens is 426 g/mol. The number of amides is 1. The van der Waals surface area contributed by atoms with E-state index in [-0.39, 0.29) is 12.5 Å². The van der Waals surface area contributed by atoms with Gasteiger partial charge in [0.1, 0.15) is 5.75 Å². The lowest BCUT2D eigenvalue weighted by molar-refractivity contribution is -0.120. The Labute approximate surface area is 203 Å². The van der Waals surface area contributed by atoms with Crippen molar-refractivity contribution in [2.75, 3.05) is 23.8 Å². The molecule has 33 heavy (non-hydrogen) atoms. The van der Waals surface area contributed by atoms with E-state index >= 15 is 0 Å². The van der Waals surface area contributed by atoms with Crippen LogP contribution in [0.5, 0.6) is 5.75 Å². The van der Waals surface area contributed by atoms with E-state index in [1.54, 1.807) is 0 Å². The molecule has 3 nitrogen and oxygen atoms in total. The van der Waals surface area contributed by atoms with Gasteiger partial charge in [-0.2, -0.15) is 11.8 Å². The van der Waals surface area contributed by atoms with Crippen LogP contribution in [0, 0.1) is 11.8 Å². The molecule has 4 heteroatoms. The number of para-hydroxylation sites is 1. The first-order chi connectivity index (χ1) is 16.3. The van der Waals surface area contributed by atoms with E-state index in [2.05, 4.69) is 36.0 Å². The van der Waals surface area contributed by atoms with Gasteiger partial charge in [-0.3, -0.25) is 4.79 Å². The van der Waals surface area contributed by atoms with Crippen molar-refractivity contribution < 1.29 is 9.53 Å². The summed E-state index contributed by atoms with van der Waals surface area (Å²) in [4.78, 5) is 15.5. The average Bonchev–Trinajstić information content (AvgIpc) is 3.43. The highest BCUT2D eigenvalue weighted by molar-refractivity contribution is 8.00. The third-order valence-corrected chi connectivity index (χ3v) is 9.33. The van der Waals surface area contributed by atoms with Gasteiger partial charge < -0.3 is 9.64 Å². The van der Waals surface area contributed by atoms with Gasteiger partial charge in [-0.1, -0.05) is 62.8 Å². The highest BCUT2D eigenvalue weighted by Gasteiger charge is 2.36. The molecule has 0 N–H and O–H groups in total. The van der Waals surface area contributed by atoms with Gasteiger partial charge in [0, 0.05) is 17.5 Å².